The topological polar surface area (TPSA) is 26.0 Å². The first kappa shape index (κ1) is 1.45. The highest BCUT2D eigenvalue weighted by atomic mass is 14.6. The Bertz CT molecular complexity index is 461. The molecule has 0 heterocycles. The molecule has 0 saturated heterocycles. The van der Waals surface area contributed by atoms with Gasteiger partial charge < -0.3 is 5.73 Å². The lowest BCUT2D eigenvalue weighted by Gasteiger charge is -2.04. The fraction of sp³-hybridized carbons (Fsp3) is 0.333. The van der Waals surface area contributed by atoms with Crippen LogP contribution in [-0.2, 0) is 0 Å². The summed E-state index contributed by atoms with van der Waals surface area (Å²) in [5.74, 6) is 0. The van der Waals surface area contributed by atoms with Crippen LogP contribution in [0.3, 0.4) is 0 Å². The average Bonchev–Trinajstić information content (AvgIpc) is 2.07. The maximum atomic E-state index is 7.74. The van der Waals surface area contributed by atoms with Gasteiger partial charge in [-0.3, -0.25) is 0 Å². The second kappa shape index (κ2) is 2.33. The summed E-state index contributed by atoms with van der Waals surface area (Å²) in [4.78, 5) is 0. The lowest BCUT2D eigenvalue weighted by atomic mass is 10.1. The van der Waals surface area contributed by atoms with Gasteiger partial charge >= 0.3 is 0 Å². The van der Waals surface area contributed by atoms with Crippen LogP contribution in [0, 0.1) is 20.6 Å². The number of nitrogen functional groups attached to an aromatic ring is 1. The largest absolute Gasteiger partial charge is 0.398 e. The van der Waals surface area contributed by atoms with Crippen molar-refractivity contribution in [3.63, 3.8) is 0 Å². The van der Waals surface area contributed by atoms with Crippen LogP contribution >= 0.6 is 0 Å². The third-order valence-electron chi connectivity index (χ3n) is 1.04. The van der Waals surface area contributed by atoms with E-state index < -0.39 is 55.0 Å². The summed E-state index contributed by atoms with van der Waals surface area (Å²) >= 11 is 0. The predicted molar refractivity (Wildman–Crippen MR) is 45.1 cm³/mol. The molecule has 2 N–H and O–H groups in total. The van der Waals surface area contributed by atoms with Crippen molar-refractivity contribution in [2.75, 3.05) is 5.73 Å². The molecular weight excluding hydrogens is 122 g/mol. The van der Waals surface area contributed by atoms with Gasteiger partial charge in [-0.05, 0) is 31.7 Å². The summed E-state index contributed by atoms with van der Waals surface area (Å²) in [5, 5.41) is 0. The SMILES string of the molecule is [2H]c1c(C([2H])([2H])[2H])c([2H])c(C([2H])([2H])[2H])c(N)c1C([2H])([2H])[2H]. The Labute approximate surface area is 77.3 Å². The van der Waals surface area contributed by atoms with E-state index in [1.165, 1.54) is 0 Å². The first-order valence-corrected chi connectivity index (χ1v) is 2.54. The molecule has 0 amide bonds. The first-order chi connectivity index (χ1) is 9.10. The molecular formula is C9H13N. The molecule has 0 aliphatic carbocycles. The molecule has 0 unspecified atom stereocenters. The molecule has 1 nitrogen and oxygen atoms in total. The van der Waals surface area contributed by atoms with Crippen LogP contribution in [0.5, 0.6) is 0 Å². The second-order valence-corrected chi connectivity index (χ2v) is 1.79. The molecule has 0 aromatic heterocycles. The minimum atomic E-state index is -3.00. The van der Waals surface area contributed by atoms with E-state index in [1.807, 2.05) is 0 Å². The van der Waals surface area contributed by atoms with Crippen molar-refractivity contribution in [2.45, 2.75) is 20.6 Å². The van der Waals surface area contributed by atoms with Crippen LogP contribution in [0.25, 0.3) is 0 Å². The van der Waals surface area contributed by atoms with E-state index in [1.54, 1.807) is 0 Å². The van der Waals surface area contributed by atoms with Crippen molar-refractivity contribution < 1.29 is 15.1 Å². The van der Waals surface area contributed by atoms with Crippen LogP contribution in [0.15, 0.2) is 12.1 Å². The van der Waals surface area contributed by atoms with Crippen molar-refractivity contribution in [3.8, 4) is 0 Å². The lowest BCUT2D eigenvalue weighted by Crippen LogP contribution is -1.93. The zero-order valence-corrected chi connectivity index (χ0v) is 5.08. The molecule has 1 aromatic rings. The minimum absolute atomic E-state index is 0.752. The Morgan fingerprint density at radius 3 is 2.30 bits per heavy atom. The van der Waals surface area contributed by atoms with E-state index >= 15 is 0 Å². The number of rotatable bonds is 0. The average molecular weight is 146 g/mol. The normalized spacial score (nSPS) is 29.8. The van der Waals surface area contributed by atoms with E-state index in [4.69, 9.17) is 20.8 Å². The van der Waals surface area contributed by atoms with Gasteiger partial charge in [-0.1, -0.05) is 17.6 Å². The standard InChI is InChI=1S/C9H13N/c1-6-4-7(2)9(10)8(3)5-6/h4-5H,10H2,1-3H3/i1D3,2D3,3D3,4D,5D. The quantitative estimate of drug-likeness (QED) is 0.558. The summed E-state index contributed by atoms with van der Waals surface area (Å²) in [6.07, 6.45) is 0. The number of hydrogen-bond donors (Lipinski definition) is 1. The maximum absolute atomic E-state index is 7.74. The Kier molecular flexibility index (Phi) is 0.337. The zero-order valence-electron chi connectivity index (χ0n) is 16.1. The van der Waals surface area contributed by atoms with Gasteiger partial charge in [0.1, 0.15) is 0 Å². The van der Waals surface area contributed by atoms with Gasteiger partial charge in [0, 0.05) is 18.0 Å². The Morgan fingerprint density at radius 1 is 1.30 bits per heavy atom. The summed E-state index contributed by atoms with van der Waals surface area (Å²) in [5.41, 5.74) is 2.15. The van der Waals surface area contributed by atoms with E-state index in [0.29, 0.717) is 0 Å². The van der Waals surface area contributed by atoms with Crippen LogP contribution in [0.2, 0.25) is 0 Å². The molecule has 0 fully saturated rings. The van der Waals surface area contributed by atoms with E-state index in [2.05, 4.69) is 0 Å². The fourth-order valence-corrected chi connectivity index (χ4v) is 0.541. The van der Waals surface area contributed by atoms with Crippen molar-refractivity contribution >= 4 is 5.69 Å². The van der Waals surface area contributed by atoms with Crippen LogP contribution in [0.1, 0.15) is 31.8 Å². The molecule has 0 atom stereocenters. The summed E-state index contributed by atoms with van der Waals surface area (Å²) in [6, 6.07) is -1.88. The molecule has 10 heavy (non-hydrogen) atoms. The monoisotopic (exact) mass is 146 g/mol. The highest BCUT2D eigenvalue weighted by Crippen LogP contribution is 2.17. The molecule has 1 rings (SSSR count). The third kappa shape index (κ3) is 1.13. The van der Waals surface area contributed by atoms with Crippen molar-refractivity contribution in [1.82, 2.24) is 0 Å². The smallest absolute Gasteiger partial charge is 0.0629 e. The third-order valence-corrected chi connectivity index (χ3v) is 1.04. The van der Waals surface area contributed by atoms with Crippen LogP contribution in [-0.4, -0.2) is 0 Å². The fourth-order valence-electron chi connectivity index (χ4n) is 0.541. The lowest BCUT2D eigenvalue weighted by molar-refractivity contribution is 1.33. The molecule has 1 heteroatoms. The van der Waals surface area contributed by atoms with Gasteiger partial charge in [-0.2, -0.15) is 0 Å². The van der Waals surface area contributed by atoms with E-state index in [0.717, 1.165) is 0 Å². The number of nitrogens with two attached hydrogens (primary N) is 1. The molecule has 0 aliphatic heterocycles. The molecule has 0 saturated carbocycles. The van der Waals surface area contributed by atoms with Gasteiger partial charge in [0.15, 0.2) is 0 Å². The minimum Gasteiger partial charge on any atom is -0.398 e. The second-order valence-electron chi connectivity index (χ2n) is 1.79. The highest BCUT2D eigenvalue weighted by Gasteiger charge is 1.96. The van der Waals surface area contributed by atoms with Gasteiger partial charge in [0.25, 0.3) is 0 Å². The van der Waals surface area contributed by atoms with Crippen molar-refractivity contribution in [3.05, 3.63) is 28.8 Å². The van der Waals surface area contributed by atoms with Crippen molar-refractivity contribution in [1.29, 1.82) is 0 Å². The maximum Gasteiger partial charge on any atom is 0.0629 e. The van der Waals surface area contributed by atoms with Gasteiger partial charge in [-0.15, -0.1) is 0 Å². The molecule has 54 valence electrons. The molecule has 0 aliphatic rings. The molecule has 0 spiro atoms. The number of anilines is 1. The van der Waals surface area contributed by atoms with Crippen LogP contribution < -0.4 is 5.73 Å². The molecule has 1 aromatic carbocycles. The Hall–Kier alpha value is -0.980. The first-order valence-electron chi connectivity index (χ1n) is 8.04. The van der Waals surface area contributed by atoms with Gasteiger partial charge in [0.05, 0.1) is 2.74 Å². The van der Waals surface area contributed by atoms with Gasteiger partial charge in [0.2, 0.25) is 0 Å². The summed E-state index contributed by atoms with van der Waals surface area (Å²) < 4.78 is 81.4. The number of hydrogen-bond acceptors (Lipinski definition) is 1. The number of benzene rings is 1. The van der Waals surface area contributed by atoms with Gasteiger partial charge in [-0.25, -0.2) is 0 Å². The summed E-state index contributed by atoms with van der Waals surface area (Å²) in [6.45, 7) is -8.93. The van der Waals surface area contributed by atoms with E-state index in [9.17, 15) is 0 Å². The van der Waals surface area contributed by atoms with E-state index in [-0.39, 0.29) is 0 Å². The van der Waals surface area contributed by atoms with Crippen molar-refractivity contribution in [2.24, 2.45) is 0 Å². The highest BCUT2D eigenvalue weighted by molar-refractivity contribution is 5.54. The zero-order chi connectivity index (χ0) is 17.0. The predicted octanol–water partition coefficient (Wildman–Crippen LogP) is 2.19. The molecule has 0 radical (unpaired) electrons. The Balaban J connectivity index is 4.04. The molecule has 0 bridgehead atoms. The Morgan fingerprint density at radius 2 is 1.90 bits per heavy atom. The van der Waals surface area contributed by atoms with Crippen LogP contribution in [0.4, 0.5) is 5.69 Å². The summed E-state index contributed by atoms with van der Waals surface area (Å²) in [7, 11) is 0.